The molecule has 1 heterocycles. The van der Waals surface area contributed by atoms with Gasteiger partial charge in [-0.2, -0.15) is 16.8 Å². The van der Waals surface area contributed by atoms with E-state index in [9.17, 15) is 16.8 Å². The monoisotopic (exact) mass is 300 g/mol. The molecule has 0 aliphatic heterocycles. The van der Waals surface area contributed by atoms with Crippen molar-refractivity contribution in [3.63, 3.8) is 0 Å². The SMILES string of the molecule is CS(=O)(=O)O.CS(=O)(=O)O.NCc1cccnc1. The van der Waals surface area contributed by atoms with Gasteiger partial charge in [-0.15, -0.1) is 0 Å². The van der Waals surface area contributed by atoms with E-state index in [1.165, 1.54) is 0 Å². The number of aromatic nitrogens is 1. The molecule has 106 valence electrons. The van der Waals surface area contributed by atoms with Crippen LogP contribution in [0.15, 0.2) is 24.5 Å². The lowest BCUT2D eigenvalue weighted by molar-refractivity contribution is 0.488. The van der Waals surface area contributed by atoms with E-state index < -0.39 is 20.2 Å². The molecule has 1 rings (SSSR count). The molecule has 0 aromatic carbocycles. The summed E-state index contributed by atoms with van der Waals surface area (Å²) < 4.78 is 51.7. The minimum atomic E-state index is -3.67. The van der Waals surface area contributed by atoms with Gasteiger partial charge in [0.2, 0.25) is 0 Å². The number of hydrogen-bond acceptors (Lipinski definition) is 6. The molecule has 10 heteroatoms. The van der Waals surface area contributed by atoms with Crippen LogP contribution in [0.5, 0.6) is 0 Å². The quantitative estimate of drug-likeness (QED) is 0.590. The van der Waals surface area contributed by atoms with Crippen molar-refractivity contribution in [1.29, 1.82) is 0 Å². The van der Waals surface area contributed by atoms with Crippen molar-refractivity contribution in [1.82, 2.24) is 4.98 Å². The summed E-state index contributed by atoms with van der Waals surface area (Å²) in [6, 6.07) is 3.83. The minimum Gasteiger partial charge on any atom is -0.326 e. The van der Waals surface area contributed by atoms with Crippen molar-refractivity contribution in [2.75, 3.05) is 12.5 Å². The lowest BCUT2D eigenvalue weighted by Crippen LogP contribution is -1.95. The predicted molar refractivity (Wildman–Crippen MR) is 67.1 cm³/mol. The highest BCUT2D eigenvalue weighted by molar-refractivity contribution is 7.85. The van der Waals surface area contributed by atoms with Crippen LogP contribution in [0.2, 0.25) is 0 Å². The summed E-state index contributed by atoms with van der Waals surface area (Å²) in [5.41, 5.74) is 6.39. The minimum absolute atomic E-state index is 0.577. The number of nitrogens with zero attached hydrogens (tertiary/aromatic N) is 1. The molecule has 1 aromatic rings. The van der Waals surface area contributed by atoms with Gasteiger partial charge in [0.05, 0.1) is 12.5 Å². The standard InChI is InChI=1S/C6H8N2.2CH4O3S/c7-4-6-2-1-3-8-5-6;2*1-5(2,3)4/h1-3,5H,4,7H2;2*1H3,(H,2,3,4). The van der Waals surface area contributed by atoms with E-state index in [2.05, 4.69) is 4.98 Å². The summed E-state index contributed by atoms with van der Waals surface area (Å²) in [7, 11) is -7.33. The van der Waals surface area contributed by atoms with E-state index in [0.717, 1.165) is 5.56 Å². The zero-order valence-electron chi connectivity index (χ0n) is 9.88. The average molecular weight is 300 g/mol. The number of rotatable bonds is 1. The number of nitrogens with two attached hydrogens (primary N) is 1. The van der Waals surface area contributed by atoms with Crippen molar-refractivity contribution in [3.8, 4) is 0 Å². The van der Waals surface area contributed by atoms with Gasteiger partial charge in [0.15, 0.2) is 0 Å². The van der Waals surface area contributed by atoms with E-state index in [1.54, 1.807) is 12.4 Å². The summed E-state index contributed by atoms with van der Waals surface area (Å²) in [5, 5.41) is 0. The normalized spacial score (nSPS) is 10.5. The smallest absolute Gasteiger partial charge is 0.261 e. The van der Waals surface area contributed by atoms with Crippen LogP contribution in [0.25, 0.3) is 0 Å². The van der Waals surface area contributed by atoms with E-state index in [-0.39, 0.29) is 0 Å². The molecule has 8 nitrogen and oxygen atoms in total. The fourth-order valence-electron chi connectivity index (χ4n) is 0.519. The topological polar surface area (TPSA) is 148 Å². The highest BCUT2D eigenvalue weighted by atomic mass is 32.2. The Morgan fingerprint density at radius 1 is 1.17 bits per heavy atom. The van der Waals surface area contributed by atoms with Gasteiger partial charge in [0.25, 0.3) is 20.2 Å². The second-order valence-corrected chi connectivity index (χ2v) is 5.96. The molecule has 0 fully saturated rings. The van der Waals surface area contributed by atoms with Crippen LogP contribution in [0.1, 0.15) is 5.56 Å². The molecule has 0 unspecified atom stereocenters. The Labute approximate surface area is 106 Å². The maximum Gasteiger partial charge on any atom is 0.261 e. The second-order valence-electron chi connectivity index (χ2n) is 3.03. The van der Waals surface area contributed by atoms with Crippen molar-refractivity contribution in [2.45, 2.75) is 6.54 Å². The third-order valence-corrected chi connectivity index (χ3v) is 0.958. The van der Waals surface area contributed by atoms with Gasteiger partial charge in [-0.25, -0.2) is 0 Å². The maximum absolute atomic E-state index is 9.19. The van der Waals surface area contributed by atoms with Crippen LogP contribution in [0.4, 0.5) is 0 Å². The number of hydrogen-bond donors (Lipinski definition) is 3. The van der Waals surface area contributed by atoms with Crippen LogP contribution in [-0.4, -0.2) is 43.4 Å². The largest absolute Gasteiger partial charge is 0.326 e. The first kappa shape index (κ1) is 19.3. The molecule has 0 aliphatic rings. The first-order valence-corrected chi connectivity index (χ1v) is 8.07. The molecular formula is C8H16N2O6S2. The lowest BCUT2D eigenvalue weighted by atomic mass is 10.3. The molecule has 4 N–H and O–H groups in total. The van der Waals surface area contributed by atoms with E-state index in [0.29, 0.717) is 19.1 Å². The molecule has 18 heavy (non-hydrogen) atoms. The summed E-state index contributed by atoms with van der Waals surface area (Å²) in [6.07, 6.45) is 4.93. The molecule has 0 saturated heterocycles. The number of pyridine rings is 1. The lowest BCUT2D eigenvalue weighted by Gasteiger charge is -1.89. The van der Waals surface area contributed by atoms with Crippen LogP contribution >= 0.6 is 0 Å². The Morgan fingerprint density at radius 2 is 1.56 bits per heavy atom. The molecule has 0 atom stereocenters. The highest BCUT2D eigenvalue weighted by Gasteiger charge is 1.82. The van der Waals surface area contributed by atoms with E-state index >= 15 is 0 Å². The molecule has 0 saturated carbocycles. The molecular weight excluding hydrogens is 284 g/mol. The molecule has 0 radical (unpaired) electrons. The predicted octanol–water partition coefficient (Wildman–Crippen LogP) is -0.452. The van der Waals surface area contributed by atoms with Crippen LogP contribution in [0.3, 0.4) is 0 Å². The van der Waals surface area contributed by atoms with Gasteiger partial charge in [-0.05, 0) is 11.6 Å². The van der Waals surface area contributed by atoms with Crippen molar-refractivity contribution < 1.29 is 25.9 Å². The molecule has 1 aromatic heterocycles. The van der Waals surface area contributed by atoms with Crippen LogP contribution in [-0.2, 0) is 26.8 Å². The zero-order chi connectivity index (χ0) is 14.8. The first-order valence-electron chi connectivity index (χ1n) is 4.37. The van der Waals surface area contributed by atoms with E-state index in [1.807, 2.05) is 12.1 Å². The molecule has 0 aliphatic carbocycles. The van der Waals surface area contributed by atoms with Crippen molar-refractivity contribution in [2.24, 2.45) is 5.73 Å². The molecule has 0 amide bonds. The van der Waals surface area contributed by atoms with Gasteiger partial charge in [-0.3, -0.25) is 14.1 Å². The van der Waals surface area contributed by atoms with Crippen molar-refractivity contribution >= 4 is 20.2 Å². The summed E-state index contributed by atoms with van der Waals surface area (Å²) >= 11 is 0. The van der Waals surface area contributed by atoms with Gasteiger partial charge in [-0.1, -0.05) is 6.07 Å². The highest BCUT2D eigenvalue weighted by Crippen LogP contribution is 1.90. The van der Waals surface area contributed by atoms with Crippen LogP contribution in [0, 0.1) is 0 Å². The van der Waals surface area contributed by atoms with E-state index in [4.69, 9.17) is 14.8 Å². The molecule has 0 spiro atoms. The Morgan fingerprint density at radius 3 is 1.72 bits per heavy atom. The summed E-state index contributed by atoms with van der Waals surface area (Å²) in [5.74, 6) is 0. The first-order chi connectivity index (χ1) is 7.93. The Bertz CT molecular complexity index is 466. The van der Waals surface area contributed by atoms with Crippen molar-refractivity contribution in [3.05, 3.63) is 30.1 Å². The Kier molecular flexibility index (Phi) is 9.57. The average Bonchev–Trinajstić information content (AvgIpc) is 2.14. The van der Waals surface area contributed by atoms with Gasteiger partial charge in [0.1, 0.15) is 0 Å². The van der Waals surface area contributed by atoms with Gasteiger partial charge >= 0.3 is 0 Å². The molecule has 0 bridgehead atoms. The fourth-order valence-corrected chi connectivity index (χ4v) is 0.519. The Balaban J connectivity index is 0. The Hall–Kier alpha value is -1.07. The maximum atomic E-state index is 9.19. The second kappa shape index (κ2) is 8.94. The van der Waals surface area contributed by atoms with Gasteiger partial charge in [0, 0.05) is 18.9 Å². The van der Waals surface area contributed by atoms with Gasteiger partial charge < -0.3 is 5.73 Å². The fraction of sp³-hybridized carbons (Fsp3) is 0.375. The zero-order valence-corrected chi connectivity index (χ0v) is 11.5. The van der Waals surface area contributed by atoms with Crippen LogP contribution < -0.4 is 5.73 Å². The summed E-state index contributed by atoms with van der Waals surface area (Å²) in [4.78, 5) is 3.88. The third-order valence-electron chi connectivity index (χ3n) is 0.958. The summed E-state index contributed by atoms with van der Waals surface area (Å²) in [6.45, 7) is 0.577. The third kappa shape index (κ3) is 36.3.